The number of para-hydroxylation sites is 2. The van der Waals surface area contributed by atoms with Gasteiger partial charge >= 0.3 is 0 Å². The zero-order valence-electron chi connectivity index (χ0n) is 17.6. The first-order valence-electron chi connectivity index (χ1n) is 10.5. The number of aromatic nitrogens is 4. The monoisotopic (exact) mass is 456 g/mol. The van der Waals surface area contributed by atoms with Gasteiger partial charge in [0.2, 0.25) is 5.95 Å². The van der Waals surface area contributed by atoms with E-state index in [-0.39, 0.29) is 0 Å². The molecule has 0 radical (unpaired) electrons. The minimum atomic E-state index is 0.423. The Bertz CT molecular complexity index is 1390. The largest absolute Gasteiger partial charge is 0.492 e. The number of benzene rings is 3. The molecule has 5 aromatic rings. The molecule has 7 nitrogen and oxygen atoms in total. The number of hydrogen-bond donors (Lipinski definition) is 2. The molecule has 0 amide bonds. The fourth-order valence-corrected chi connectivity index (χ4v) is 3.78. The van der Waals surface area contributed by atoms with Crippen molar-refractivity contribution in [3.05, 3.63) is 90.0 Å². The van der Waals surface area contributed by atoms with Crippen LogP contribution in [0, 0.1) is 0 Å². The van der Waals surface area contributed by atoms with Crippen molar-refractivity contribution in [3.63, 3.8) is 0 Å². The standard InChI is InChI=1S/C25H21ClN6O/c26-20-14-8-7-13-19(20)22-21-23(27)32(17-9-3-1-4-10-17)31-24(21)30-25(29-22)28-15-16-33-18-11-5-2-6-12-18/h1-14H,15-16,27H2,(H,28,30,31). The Morgan fingerprint density at radius 3 is 2.33 bits per heavy atom. The van der Waals surface area contributed by atoms with Gasteiger partial charge in [-0.1, -0.05) is 66.2 Å². The predicted octanol–water partition coefficient (Wildman–Crippen LogP) is 5.21. The Kier molecular flexibility index (Phi) is 5.78. The minimum absolute atomic E-state index is 0.423. The molecule has 0 aliphatic rings. The molecule has 0 bridgehead atoms. The third-order valence-corrected chi connectivity index (χ3v) is 5.43. The van der Waals surface area contributed by atoms with Crippen LogP contribution in [0.2, 0.25) is 5.02 Å². The molecule has 0 spiro atoms. The van der Waals surface area contributed by atoms with Crippen LogP contribution in [0.25, 0.3) is 28.0 Å². The zero-order chi connectivity index (χ0) is 22.6. The Morgan fingerprint density at radius 2 is 1.58 bits per heavy atom. The fourth-order valence-electron chi connectivity index (χ4n) is 3.55. The van der Waals surface area contributed by atoms with Gasteiger partial charge in [0.1, 0.15) is 18.2 Å². The summed E-state index contributed by atoms with van der Waals surface area (Å²) >= 11 is 6.51. The van der Waals surface area contributed by atoms with Crippen LogP contribution in [0.5, 0.6) is 5.75 Å². The number of hydrogen-bond acceptors (Lipinski definition) is 6. The number of fused-ring (bicyclic) bond motifs is 1. The predicted molar refractivity (Wildman–Crippen MR) is 132 cm³/mol. The summed E-state index contributed by atoms with van der Waals surface area (Å²) in [7, 11) is 0. The van der Waals surface area contributed by atoms with Crippen molar-refractivity contribution in [2.45, 2.75) is 0 Å². The fraction of sp³-hybridized carbons (Fsp3) is 0.0800. The van der Waals surface area contributed by atoms with Gasteiger partial charge in [0.15, 0.2) is 5.65 Å². The summed E-state index contributed by atoms with van der Waals surface area (Å²) in [5.41, 5.74) is 9.23. The molecule has 8 heteroatoms. The van der Waals surface area contributed by atoms with E-state index in [1.807, 2.05) is 84.9 Å². The molecular weight excluding hydrogens is 436 g/mol. The van der Waals surface area contributed by atoms with Crippen LogP contribution < -0.4 is 15.8 Å². The van der Waals surface area contributed by atoms with Crippen molar-refractivity contribution in [1.29, 1.82) is 0 Å². The molecule has 164 valence electrons. The maximum absolute atomic E-state index is 6.53. The number of nitrogens with one attached hydrogen (secondary N) is 1. The molecule has 2 heterocycles. The highest BCUT2D eigenvalue weighted by Gasteiger charge is 2.20. The second-order valence-corrected chi connectivity index (χ2v) is 7.70. The molecule has 3 N–H and O–H groups in total. The highest BCUT2D eigenvalue weighted by molar-refractivity contribution is 6.33. The Hall–Kier alpha value is -4.10. The maximum atomic E-state index is 6.53. The lowest BCUT2D eigenvalue weighted by Gasteiger charge is -2.10. The van der Waals surface area contributed by atoms with Crippen LogP contribution >= 0.6 is 11.6 Å². The summed E-state index contributed by atoms with van der Waals surface area (Å²) < 4.78 is 7.42. The third kappa shape index (κ3) is 4.31. The topological polar surface area (TPSA) is 90.9 Å². The average molecular weight is 457 g/mol. The minimum Gasteiger partial charge on any atom is -0.492 e. The molecule has 2 aromatic heterocycles. The van der Waals surface area contributed by atoms with Gasteiger partial charge in [0.25, 0.3) is 0 Å². The van der Waals surface area contributed by atoms with Gasteiger partial charge in [-0.2, -0.15) is 4.98 Å². The van der Waals surface area contributed by atoms with E-state index in [0.29, 0.717) is 46.7 Å². The molecule has 0 saturated heterocycles. The molecule has 0 aliphatic carbocycles. The van der Waals surface area contributed by atoms with E-state index in [1.165, 1.54) is 0 Å². The summed E-state index contributed by atoms with van der Waals surface area (Å²) in [4.78, 5) is 9.36. The zero-order valence-corrected chi connectivity index (χ0v) is 18.4. The lowest BCUT2D eigenvalue weighted by molar-refractivity contribution is 0.332. The SMILES string of the molecule is Nc1c2c(-c3ccccc3Cl)nc(NCCOc3ccccc3)nc2nn1-c1ccccc1. The normalized spacial score (nSPS) is 10.9. The maximum Gasteiger partial charge on any atom is 0.225 e. The molecule has 0 aliphatic heterocycles. The Balaban J connectivity index is 1.52. The van der Waals surface area contributed by atoms with Gasteiger partial charge in [0.05, 0.1) is 23.3 Å². The van der Waals surface area contributed by atoms with Crippen molar-refractivity contribution in [2.75, 3.05) is 24.2 Å². The summed E-state index contributed by atoms with van der Waals surface area (Å²) in [6, 6.07) is 26.8. The second kappa shape index (κ2) is 9.18. The van der Waals surface area contributed by atoms with Crippen molar-refractivity contribution in [2.24, 2.45) is 0 Å². The molecule has 0 unspecified atom stereocenters. The quantitative estimate of drug-likeness (QED) is 0.327. The number of ether oxygens (including phenoxy) is 1. The van der Waals surface area contributed by atoms with Crippen LogP contribution in [0.3, 0.4) is 0 Å². The molecule has 5 rings (SSSR count). The van der Waals surface area contributed by atoms with Gasteiger partial charge < -0.3 is 15.8 Å². The van der Waals surface area contributed by atoms with Gasteiger partial charge in [-0.15, -0.1) is 5.10 Å². The van der Waals surface area contributed by atoms with E-state index < -0.39 is 0 Å². The van der Waals surface area contributed by atoms with Gasteiger partial charge in [-0.25, -0.2) is 9.67 Å². The Labute approximate surface area is 195 Å². The number of nitrogens with two attached hydrogens (primary N) is 1. The Morgan fingerprint density at radius 1 is 0.879 bits per heavy atom. The first-order chi connectivity index (χ1) is 16.2. The third-order valence-electron chi connectivity index (χ3n) is 5.10. The van der Waals surface area contributed by atoms with Gasteiger partial charge in [-0.05, 0) is 30.3 Å². The summed E-state index contributed by atoms with van der Waals surface area (Å²) in [6.45, 7) is 0.963. The molecule has 33 heavy (non-hydrogen) atoms. The van der Waals surface area contributed by atoms with Crippen molar-refractivity contribution >= 4 is 34.4 Å². The van der Waals surface area contributed by atoms with Crippen LogP contribution in [-0.2, 0) is 0 Å². The number of nitrogens with zero attached hydrogens (tertiary/aromatic N) is 4. The van der Waals surface area contributed by atoms with Crippen LogP contribution in [0.15, 0.2) is 84.9 Å². The van der Waals surface area contributed by atoms with Gasteiger partial charge in [0, 0.05) is 10.6 Å². The lowest BCUT2D eigenvalue weighted by atomic mass is 10.1. The summed E-state index contributed by atoms with van der Waals surface area (Å²) in [5.74, 6) is 1.68. The van der Waals surface area contributed by atoms with Gasteiger partial charge in [-0.3, -0.25) is 0 Å². The molecule has 0 fully saturated rings. The number of rotatable bonds is 7. The van der Waals surface area contributed by atoms with E-state index in [4.69, 9.17) is 27.1 Å². The second-order valence-electron chi connectivity index (χ2n) is 7.30. The number of nitrogen functional groups attached to an aromatic ring is 1. The molecule has 0 atom stereocenters. The lowest BCUT2D eigenvalue weighted by Crippen LogP contribution is -2.13. The molecule has 3 aromatic carbocycles. The summed E-state index contributed by atoms with van der Waals surface area (Å²) in [5, 5.41) is 9.11. The molecule has 0 saturated carbocycles. The van der Waals surface area contributed by atoms with E-state index in [9.17, 15) is 0 Å². The van der Waals surface area contributed by atoms with E-state index in [1.54, 1.807) is 4.68 Å². The first kappa shape index (κ1) is 20.8. The van der Waals surface area contributed by atoms with Crippen LogP contribution in [0.1, 0.15) is 0 Å². The van der Waals surface area contributed by atoms with Crippen molar-refractivity contribution < 1.29 is 4.74 Å². The van der Waals surface area contributed by atoms with E-state index in [0.717, 1.165) is 17.0 Å². The molecular formula is C25H21ClN6O. The van der Waals surface area contributed by atoms with E-state index >= 15 is 0 Å². The number of halogens is 1. The average Bonchev–Trinajstić information content (AvgIpc) is 3.19. The van der Waals surface area contributed by atoms with Crippen LogP contribution in [-0.4, -0.2) is 32.9 Å². The van der Waals surface area contributed by atoms with Crippen LogP contribution in [0.4, 0.5) is 11.8 Å². The smallest absolute Gasteiger partial charge is 0.225 e. The number of anilines is 2. The van der Waals surface area contributed by atoms with E-state index in [2.05, 4.69) is 15.4 Å². The summed E-state index contributed by atoms with van der Waals surface area (Å²) in [6.07, 6.45) is 0. The van der Waals surface area contributed by atoms with Crippen molar-refractivity contribution in [3.8, 4) is 22.7 Å². The highest BCUT2D eigenvalue weighted by Crippen LogP contribution is 2.35. The highest BCUT2D eigenvalue weighted by atomic mass is 35.5. The first-order valence-corrected chi connectivity index (χ1v) is 10.9. The van der Waals surface area contributed by atoms with Crippen molar-refractivity contribution in [1.82, 2.24) is 19.7 Å².